The molecule has 0 aliphatic heterocycles. The van der Waals surface area contributed by atoms with E-state index in [4.69, 9.17) is 5.11 Å². The quantitative estimate of drug-likeness (QED) is 0.839. The van der Waals surface area contributed by atoms with Gasteiger partial charge in [0.25, 0.3) is 0 Å². The molecule has 0 aromatic carbocycles. The van der Waals surface area contributed by atoms with Crippen LogP contribution in [0, 0.1) is 0 Å². The number of carboxylic acid groups (broad SMARTS) is 1. The average molecular weight is 301 g/mol. The fourth-order valence-electron chi connectivity index (χ4n) is 2.62. The number of hydrogen-bond donors (Lipinski definition) is 2. The molecule has 2 aromatic heterocycles. The summed E-state index contributed by atoms with van der Waals surface area (Å²) in [4.78, 5) is 18.7. The third-order valence-electron chi connectivity index (χ3n) is 4.16. The Morgan fingerprint density at radius 1 is 1.32 bits per heavy atom. The first kappa shape index (κ1) is 14.6. The van der Waals surface area contributed by atoms with Gasteiger partial charge >= 0.3 is 5.97 Å². The fourth-order valence-corrected chi connectivity index (χ4v) is 2.62. The first-order valence-electron chi connectivity index (χ1n) is 7.41. The number of rotatable bonds is 6. The molecule has 3 rings (SSSR count). The van der Waals surface area contributed by atoms with E-state index in [0.717, 1.165) is 5.69 Å². The lowest BCUT2D eigenvalue weighted by Gasteiger charge is -2.25. The van der Waals surface area contributed by atoms with E-state index in [0.29, 0.717) is 19.0 Å². The van der Waals surface area contributed by atoms with Crippen LogP contribution in [-0.2, 0) is 20.1 Å². The Kier molecular flexibility index (Phi) is 4.15. The highest BCUT2D eigenvalue weighted by Crippen LogP contribution is 2.37. The topological polar surface area (TPSA) is 92.9 Å². The summed E-state index contributed by atoms with van der Waals surface area (Å²) in [5.74, 6) is -0.410. The molecule has 0 saturated heterocycles. The third-order valence-corrected chi connectivity index (χ3v) is 4.16. The van der Waals surface area contributed by atoms with Crippen molar-refractivity contribution >= 4 is 5.97 Å². The number of aromatic nitrogens is 4. The largest absolute Gasteiger partial charge is 0.476 e. The van der Waals surface area contributed by atoms with Crippen molar-refractivity contribution in [3.63, 3.8) is 0 Å². The molecule has 1 saturated carbocycles. The van der Waals surface area contributed by atoms with Crippen LogP contribution in [-0.4, -0.2) is 30.8 Å². The van der Waals surface area contributed by atoms with Crippen molar-refractivity contribution in [1.82, 2.24) is 25.1 Å². The number of carboxylic acids is 1. The monoisotopic (exact) mass is 301 g/mol. The molecule has 1 fully saturated rings. The molecule has 116 valence electrons. The minimum Gasteiger partial charge on any atom is -0.476 e. The van der Waals surface area contributed by atoms with Gasteiger partial charge in [-0.3, -0.25) is 9.67 Å². The van der Waals surface area contributed by atoms with Gasteiger partial charge in [-0.2, -0.15) is 5.10 Å². The lowest BCUT2D eigenvalue weighted by Crippen LogP contribution is -2.19. The van der Waals surface area contributed by atoms with E-state index in [9.17, 15) is 4.79 Å². The van der Waals surface area contributed by atoms with Crippen LogP contribution in [0.3, 0.4) is 0 Å². The highest BCUT2D eigenvalue weighted by atomic mass is 16.4. The molecule has 7 heteroatoms. The highest BCUT2D eigenvalue weighted by molar-refractivity contribution is 5.84. The van der Waals surface area contributed by atoms with Crippen LogP contribution < -0.4 is 5.32 Å². The number of aryl methyl sites for hydroxylation is 1. The first-order chi connectivity index (χ1) is 10.6. The Morgan fingerprint density at radius 2 is 2.14 bits per heavy atom. The summed E-state index contributed by atoms with van der Waals surface area (Å²) < 4.78 is 1.92. The maximum absolute atomic E-state index is 10.7. The van der Waals surface area contributed by atoms with Crippen molar-refractivity contribution in [1.29, 1.82) is 0 Å². The lowest BCUT2D eigenvalue weighted by molar-refractivity contribution is 0.0690. The second-order valence-corrected chi connectivity index (χ2v) is 5.60. The van der Waals surface area contributed by atoms with Crippen LogP contribution in [0.15, 0.2) is 18.6 Å². The zero-order chi connectivity index (χ0) is 15.5. The van der Waals surface area contributed by atoms with Gasteiger partial charge in [0.1, 0.15) is 0 Å². The van der Waals surface area contributed by atoms with Crippen molar-refractivity contribution in [2.75, 3.05) is 0 Å². The van der Waals surface area contributed by atoms with E-state index in [1.54, 1.807) is 0 Å². The van der Waals surface area contributed by atoms with E-state index < -0.39 is 5.97 Å². The number of hydrogen-bond acceptors (Lipinski definition) is 5. The molecule has 7 nitrogen and oxygen atoms in total. The molecule has 0 atom stereocenters. The molecule has 0 unspecified atom stereocenters. The SMILES string of the molecule is Cn1ncc(C2CCC2)c1CNCc1cnc(C(=O)O)cn1. The summed E-state index contributed by atoms with van der Waals surface area (Å²) in [5, 5.41) is 16.5. The Hall–Kier alpha value is -2.28. The normalized spacial score (nSPS) is 14.8. The fraction of sp³-hybridized carbons (Fsp3) is 0.467. The van der Waals surface area contributed by atoms with Gasteiger partial charge in [-0.15, -0.1) is 0 Å². The smallest absolute Gasteiger partial charge is 0.356 e. The van der Waals surface area contributed by atoms with E-state index in [1.807, 2.05) is 17.9 Å². The number of aromatic carboxylic acids is 1. The van der Waals surface area contributed by atoms with Gasteiger partial charge in [0.15, 0.2) is 5.69 Å². The molecule has 2 aromatic rings. The van der Waals surface area contributed by atoms with Crippen molar-refractivity contribution in [2.45, 2.75) is 38.3 Å². The molecular formula is C15H19N5O2. The van der Waals surface area contributed by atoms with E-state index in [2.05, 4.69) is 20.4 Å². The van der Waals surface area contributed by atoms with Crippen LogP contribution in [0.2, 0.25) is 0 Å². The number of nitrogens with zero attached hydrogens (tertiary/aromatic N) is 4. The van der Waals surface area contributed by atoms with Crippen molar-refractivity contribution in [3.05, 3.63) is 41.2 Å². The predicted molar refractivity (Wildman–Crippen MR) is 79.3 cm³/mol. The highest BCUT2D eigenvalue weighted by Gasteiger charge is 2.24. The summed E-state index contributed by atoms with van der Waals surface area (Å²) in [5.41, 5.74) is 3.23. The molecule has 1 aliphatic rings. The molecule has 0 spiro atoms. The molecule has 1 aliphatic carbocycles. The zero-order valence-corrected chi connectivity index (χ0v) is 12.5. The lowest BCUT2D eigenvalue weighted by atomic mass is 9.80. The maximum atomic E-state index is 10.7. The van der Waals surface area contributed by atoms with E-state index >= 15 is 0 Å². The van der Waals surface area contributed by atoms with Gasteiger partial charge in [-0.05, 0) is 24.3 Å². The van der Waals surface area contributed by atoms with Gasteiger partial charge in [0, 0.05) is 20.1 Å². The van der Waals surface area contributed by atoms with E-state index in [1.165, 1.54) is 42.9 Å². The average Bonchev–Trinajstić information content (AvgIpc) is 2.79. The molecule has 0 amide bonds. The van der Waals surface area contributed by atoms with Crippen LogP contribution in [0.25, 0.3) is 0 Å². The summed E-state index contributed by atoms with van der Waals surface area (Å²) >= 11 is 0. The summed E-state index contributed by atoms with van der Waals surface area (Å²) in [6, 6.07) is 0. The number of carbonyl (C=O) groups is 1. The molecular weight excluding hydrogens is 282 g/mol. The van der Waals surface area contributed by atoms with Crippen molar-refractivity contribution in [3.8, 4) is 0 Å². The third kappa shape index (κ3) is 2.99. The van der Waals surface area contributed by atoms with Gasteiger partial charge < -0.3 is 10.4 Å². The number of nitrogens with one attached hydrogen (secondary N) is 1. The van der Waals surface area contributed by atoms with Gasteiger partial charge in [-0.1, -0.05) is 6.42 Å². The first-order valence-corrected chi connectivity index (χ1v) is 7.41. The van der Waals surface area contributed by atoms with Crippen molar-refractivity contribution < 1.29 is 9.90 Å². The predicted octanol–water partition coefficient (Wildman–Crippen LogP) is 1.47. The molecule has 0 radical (unpaired) electrons. The van der Waals surface area contributed by atoms with Gasteiger partial charge in [0.2, 0.25) is 0 Å². The standard InChI is InChI=1S/C15H19N5O2/c1-20-14(12(7-19-20)10-3-2-4-10)9-16-5-11-6-18-13(8-17-11)15(21)22/h6-8,10,16H,2-5,9H2,1H3,(H,21,22). The summed E-state index contributed by atoms with van der Waals surface area (Å²) in [6.45, 7) is 1.26. The van der Waals surface area contributed by atoms with E-state index in [-0.39, 0.29) is 5.69 Å². The second-order valence-electron chi connectivity index (χ2n) is 5.60. The van der Waals surface area contributed by atoms with Crippen LogP contribution in [0.4, 0.5) is 0 Å². The minimum atomic E-state index is -1.06. The van der Waals surface area contributed by atoms with Crippen LogP contribution in [0.1, 0.15) is 52.6 Å². The summed E-state index contributed by atoms with van der Waals surface area (Å²) in [6.07, 6.45) is 8.55. The van der Waals surface area contributed by atoms with Crippen LogP contribution in [0.5, 0.6) is 0 Å². The van der Waals surface area contributed by atoms with Crippen LogP contribution >= 0.6 is 0 Å². The Balaban J connectivity index is 1.59. The molecule has 2 heterocycles. The molecule has 0 bridgehead atoms. The summed E-state index contributed by atoms with van der Waals surface area (Å²) in [7, 11) is 1.96. The Morgan fingerprint density at radius 3 is 2.73 bits per heavy atom. The molecule has 22 heavy (non-hydrogen) atoms. The molecule has 2 N–H and O–H groups in total. The van der Waals surface area contributed by atoms with Crippen molar-refractivity contribution in [2.24, 2.45) is 7.05 Å². The van der Waals surface area contributed by atoms with Gasteiger partial charge in [0.05, 0.1) is 30.0 Å². The maximum Gasteiger partial charge on any atom is 0.356 e. The van der Waals surface area contributed by atoms with Gasteiger partial charge in [-0.25, -0.2) is 9.78 Å². The minimum absolute atomic E-state index is 0.0392. The zero-order valence-electron chi connectivity index (χ0n) is 12.5. The Labute approximate surface area is 128 Å². The second kappa shape index (κ2) is 6.23. The Bertz CT molecular complexity index is 661.